The van der Waals surface area contributed by atoms with Crippen LogP contribution in [-0.4, -0.2) is 11.6 Å². The van der Waals surface area contributed by atoms with E-state index in [0.29, 0.717) is 5.56 Å². The Balaban J connectivity index is 1.78. The topological polar surface area (TPSA) is 41.5 Å². The molecule has 3 rings (SSSR count). The average molecular weight is 316 g/mol. The van der Waals surface area contributed by atoms with E-state index in [1.54, 1.807) is 6.07 Å². The van der Waals surface area contributed by atoms with Crippen LogP contribution >= 0.6 is 0 Å². The van der Waals surface area contributed by atoms with Crippen LogP contribution in [0.5, 0.6) is 0 Å². The Labute approximate surface area is 142 Å². The second-order valence-electron chi connectivity index (χ2n) is 5.75. The molecule has 24 heavy (non-hydrogen) atoms. The number of hydrogen-bond acceptors (Lipinski definition) is 2. The highest BCUT2D eigenvalue weighted by Gasteiger charge is 2.06. The van der Waals surface area contributed by atoms with E-state index in [4.69, 9.17) is 0 Å². The van der Waals surface area contributed by atoms with Gasteiger partial charge in [0.2, 0.25) is 0 Å². The van der Waals surface area contributed by atoms with Crippen LogP contribution in [0.15, 0.2) is 71.8 Å². The minimum atomic E-state index is -0.189. The first-order valence-corrected chi connectivity index (χ1v) is 8.10. The maximum atomic E-state index is 12.2. The van der Waals surface area contributed by atoms with Crippen LogP contribution in [0.4, 0.5) is 0 Å². The summed E-state index contributed by atoms with van der Waals surface area (Å²) in [6.07, 6.45) is 0.903. The van der Waals surface area contributed by atoms with Gasteiger partial charge in [-0.2, -0.15) is 5.10 Å². The lowest BCUT2D eigenvalue weighted by Gasteiger charge is -2.06. The number of nitrogens with one attached hydrogen (secondary N) is 1. The van der Waals surface area contributed by atoms with E-state index in [9.17, 15) is 4.79 Å². The highest BCUT2D eigenvalue weighted by Crippen LogP contribution is 2.16. The zero-order valence-electron chi connectivity index (χ0n) is 13.9. The summed E-state index contributed by atoms with van der Waals surface area (Å²) < 4.78 is 0. The van der Waals surface area contributed by atoms with E-state index < -0.39 is 0 Å². The standard InChI is InChI=1S/C21H20N2O/c1-3-16-7-6-10-20(13-16)21(24)23-22-15(2)18-12-11-17-8-4-5-9-19(17)14-18/h4-14H,3H2,1-2H3,(H,23,24)/b22-15+. The van der Waals surface area contributed by atoms with Gasteiger partial charge in [-0.3, -0.25) is 4.79 Å². The minimum absolute atomic E-state index is 0.189. The van der Waals surface area contributed by atoms with Crippen molar-refractivity contribution in [3.05, 3.63) is 83.4 Å². The third-order valence-corrected chi connectivity index (χ3v) is 4.09. The molecule has 0 aliphatic carbocycles. The number of aryl methyl sites for hydroxylation is 1. The van der Waals surface area contributed by atoms with Crippen LogP contribution < -0.4 is 5.43 Å². The molecular formula is C21H20N2O. The predicted octanol–water partition coefficient (Wildman–Crippen LogP) is 4.56. The van der Waals surface area contributed by atoms with Gasteiger partial charge >= 0.3 is 0 Å². The molecule has 3 aromatic rings. The summed E-state index contributed by atoms with van der Waals surface area (Å²) in [7, 11) is 0. The van der Waals surface area contributed by atoms with Crippen molar-refractivity contribution in [2.75, 3.05) is 0 Å². The molecule has 1 N–H and O–H groups in total. The number of benzene rings is 3. The van der Waals surface area contributed by atoms with Crippen molar-refractivity contribution in [1.82, 2.24) is 5.43 Å². The van der Waals surface area contributed by atoms with Gasteiger partial charge in [0.05, 0.1) is 5.71 Å². The lowest BCUT2D eigenvalue weighted by atomic mass is 10.0. The lowest BCUT2D eigenvalue weighted by molar-refractivity contribution is 0.0954. The molecule has 120 valence electrons. The first kappa shape index (κ1) is 15.9. The molecule has 0 atom stereocenters. The normalized spacial score (nSPS) is 11.5. The Bertz CT molecular complexity index is 912. The second kappa shape index (κ2) is 7.09. The minimum Gasteiger partial charge on any atom is -0.267 e. The van der Waals surface area contributed by atoms with Gasteiger partial charge in [-0.1, -0.05) is 55.5 Å². The van der Waals surface area contributed by atoms with E-state index >= 15 is 0 Å². The molecule has 0 heterocycles. The molecule has 0 radical (unpaired) electrons. The summed E-state index contributed by atoms with van der Waals surface area (Å²) in [5.74, 6) is -0.189. The number of carbonyl (C=O) groups excluding carboxylic acids is 1. The van der Waals surface area contributed by atoms with Gasteiger partial charge in [-0.15, -0.1) is 0 Å². The molecule has 0 bridgehead atoms. The van der Waals surface area contributed by atoms with Crippen molar-refractivity contribution >= 4 is 22.4 Å². The summed E-state index contributed by atoms with van der Waals surface area (Å²) in [5.41, 5.74) is 6.19. The number of amides is 1. The van der Waals surface area contributed by atoms with E-state index in [1.165, 1.54) is 5.39 Å². The van der Waals surface area contributed by atoms with E-state index in [0.717, 1.165) is 28.6 Å². The molecule has 3 nitrogen and oxygen atoms in total. The summed E-state index contributed by atoms with van der Waals surface area (Å²) in [6, 6.07) is 22.0. The number of hydrogen-bond donors (Lipinski definition) is 1. The third kappa shape index (κ3) is 3.51. The predicted molar refractivity (Wildman–Crippen MR) is 99.4 cm³/mol. The van der Waals surface area contributed by atoms with Gasteiger partial charge < -0.3 is 0 Å². The van der Waals surface area contributed by atoms with E-state index in [2.05, 4.69) is 41.7 Å². The van der Waals surface area contributed by atoms with Crippen LogP contribution in [0.2, 0.25) is 0 Å². The molecule has 1 amide bonds. The SMILES string of the molecule is CCc1cccc(C(=O)N/N=C(\C)c2ccc3ccccc3c2)c1. The quantitative estimate of drug-likeness (QED) is 0.556. The first-order valence-electron chi connectivity index (χ1n) is 8.10. The molecule has 3 heteroatoms. The molecular weight excluding hydrogens is 296 g/mol. The Morgan fingerprint density at radius 3 is 2.50 bits per heavy atom. The molecule has 0 aromatic heterocycles. The Hall–Kier alpha value is -2.94. The smallest absolute Gasteiger partial charge is 0.267 e. The van der Waals surface area contributed by atoms with Gasteiger partial charge in [-0.05, 0) is 53.4 Å². The van der Waals surface area contributed by atoms with E-state index in [1.807, 2.05) is 43.3 Å². The summed E-state index contributed by atoms with van der Waals surface area (Å²) in [4.78, 5) is 12.2. The summed E-state index contributed by atoms with van der Waals surface area (Å²) in [6.45, 7) is 3.96. The van der Waals surface area contributed by atoms with Crippen LogP contribution in [0.3, 0.4) is 0 Å². The monoisotopic (exact) mass is 316 g/mol. The van der Waals surface area contributed by atoms with Crippen molar-refractivity contribution in [3.8, 4) is 0 Å². The maximum absolute atomic E-state index is 12.2. The second-order valence-corrected chi connectivity index (χ2v) is 5.75. The molecule has 0 fully saturated rings. The van der Waals surface area contributed by atoms with Crippen molar-refractivity contribution in [3.63, 3.8) is 0 Å². The van der Waals surface area contributed by atoms with Crippen LogP contribution in [0.25, 0.3) is 10.8 Å². The van der Waals surface area contributed by atoms with Crippen LogP contribution in [0, 0.1) is 0 Å². The van der Waals surface area contributed by atoms with Crippen molar-refractivity contribution in [2.24, 2.45) is 5.10 Å². The fraction of sp³-hybridized carbons (Fsp3) is 0.143. The number of fused-ring (bicyclic) bond motifs is 1. The van der Waals surface area contributed by atoms with Gasteiger partial charge in [0.25, 0.3) is 5.91 Å². The number of carbonyl (C=O) groups is 1. The van der Waals surface area contributed by atoms with Gasteiger partial charge in [0.1, 0.15) is 0 Å². The summed E-state index contributed by atoms with van der Waals surface area (Å²) in [5, 5.41) is 6.60. The Kier molecular flexibility index (Phi) is 4.71. The van der Waals surface area contributed by atoms with Crippen molar-refractivity contribution in [2.45, 2.75) is 20.3 Å². The fourth-order valence-electron chi connectivity index (χ4n) is 2.61. The van der Waals surface area contributed by atoms with Crippen LogP contribution in [0.1, 0.15) is 35.3 Å². The average Bonchev–Trinajstić information content (AvgIpc) is 2.65. The largest absolute Gasteiger partial charge is 0.271 e. The van der Waals surface area contributed by atoms with Gasteiger partial charge in [-0.25, -0.2) is 5.43 Å². The Morgan fingerprint density at radius 2 is 1.71 bits per heavy atom. The van der Waals surface area contributed by atoms with Crippen molar-refractivity contribution in [1.29, 1.82) is 0 Å². The number of hydrazone groups is 1. The number of nitrogens with zero attached hydrogens (tertiary/aromatic N) is 1. The van der Waals surface area contributed by atoms with Crippen LogP contribution in [-0.2, 0) is 6.42 Å². The highest BCUT2D eigenvalue weighted by molar-refractivity contribution is 6.03. The Morgan fingerprint density at radius 1 is 0.917 bits per heavy atom. The highest BCUT2D eigenvalue weighted by atomic mass is 16.2. The molecule has 3 aromatic carbocycles. The maximum Gasteiger partial charge on any atom is 0.271 e. The molecule has 0 spiro atoms. The molecule has 0 aliphatic heterocycles. The van der Waals surface area contributed by atoms with E-state index in [-0.39, 0.29) is 5.91 Å². The lowest BCUT2D eigenvalue weighted by Crippen LogP contribution is -2.19. The third-order valence-electron chi connectivity index (χ3n) is 4.09. The molecule has 0 saturated carbocycles. The number of rotatable bonds is 4. The van der Waals surface area contributed by atoms with Gasteiger partial charge in [0.15, 0.2) is 0 Å². The summed E-state index contributed by atoms with van der Waals surface area (Å²) >= 11 is 0. The fourth-order valence-corrected chi connectivity index (χ4v) is 2.61. The zero-order chi connectivity index (χ0) is 16.9. The molecule has 0 unspecified atom stereocenters. The molecule has 0 saturated heterocycles. The molecule has 0 aliphatic rings. The van der Waals surface area contributed by atoms with Crippen molar-refractivity contribution < 1.29 is 4.79 Å². The van der Waals surface area contributed by atoms with Gasteiger partial charge in [0, 0.05) is 5.56 Å². The zero-order valence-corrected chi connectivity index (χ0v) is 13.9. The first-order chi connectivity index (χ1) is 11.7.